The summed E-state index contributed by atoms with van der Waals surface area (Å²) in [6, 6.07) is 14.0. The van der Waals surface area contributed by atoms with Crippen molar-refractivity contribution in [1.29, 1.82) is 0 Å². The molecule has 1 fully saturated rings. The average molecular weight is 466 g/mol. The van der Waals surface area contributed by atoms with Crippen LogP contribution in [0.1, 0.15) is 62.5 Å². The molecule has 2 amide bonds. The molecule has 2 N–H and O–H groups in total. The fraction of sp³-hybridized carbons (Fsp3) is 0.500. The number of hydrogen-bond acceptors (Lipinski definition) is 3. The van der Waals surface area contributed by atoms with E-state index in [2.05, 4.69) is 15.5 Å². The molecule has 2 aromatic rings. The first-order chi connectivity index (χ1) is 16.5. The Morgan fingerprint density at radius 2 is 1.82 bits per heavy atom. The van der Waals surface area contributed by atoms with Gasteiger partial charge in [-0.1, -0.05) is 62.4 Å². The van der Waals surface area contributed by atoms with Gasteiger partial charge in [0, 0.05) is 25.3 Å². The summed E-state index contributed by atoms with van der Waals surface area (Å²) in [6.45, 7) is 3.86. The molecule has 5 nitrogen and oxygen atoms in total. The van der Waals surface area contributed by atoms with E-state index >= 15 is 0 Å². The van der Waals surface area contributed by atoms with E-state index in [-0.39, 0.29) is 23.5 Å². The Bertz CT molecular complexity index is 975. The SMILES string of the molecule is CC(C(=O)NC(CC1CCCCC1)C(=O)NCCN1CCc2cc(F)ccc21)c1ccccc1. The average Bonchev–Trinajstić information content (AvgIpc) is 3.26. The predicted octanol–water partition coefficient (Wildman–Crippen LogP) is 4.56. The van der Waals surface area contributed by atoms with Gasteiger partial charge in [0.25, 0.3) is 0 Å². The van der Waals surface area contributed by atoms with Crippen LogP contribution in [0.3, 0.4) is 0 Å². The van der Waals surface area contributed by atoms with Crippen LogP contribution in [-0.4, -0.2) is 37.5 Å². The topological polar surface area (TPSA) is 61.4 Å². The van der Waals surface area contributed by atoms with Gasteiger partial charge in [-0.3, -0.25) is 9.59 Å². The molecule has 0 aromatic heterocycles. The molecule has 4 rings (SSSR count). The van der Waals surface area contributed by atoms with Gasteiger partial charge in [0.05, 0.1) is 5.92 Å². The van der Waals surface area contributed by atoms with Crippen molar-refractivity contribution >= 4 is 17.5 Å². The van der Waals surface area contributed by atoms with E-state index in [0.29, 0.717) is 25.4 Å². The number of halogens is 1. The van der Waals surface area contributed by atoms with Gasteiger partial charge >= 0.3 is 0 Å². The lowest BCUT2D eigenvalue weighted by atomic mass is 9.84. The van der Waals surface area contributed by atoms with Crippen LogP contribution in [0.4, 0.5) is 10.1 Å². The maximum absolute atomic E-state index is 13.5. The van der Waals surface area contributed by atoms with Crippen molar-refractivity contribution in [2.45, 2.75) is 63.8 Å². The molecule has 6 heteroatoms. The fourth-order valence-corrected chi connectivity index (χ4v) is 5.29. The summed E-state index contributed by atoms with van der Waals surface area (Å²) < 4.78 is 13.5. The molecule has 182 valence electrons. The van der Waals surface area contributed by atoms with Gasteiger partial charge in [-0.2, -0.15) is 0 Å². The third kappa shape index (κ3) is 6.16. The molecule has 34 heavy (non-hydrogen) atoms. The van der Waals surface area contributed by atoms with E-state index in [9.17, 15) is 14.0 Å². The zero-order valence-electron chi connectivity index (χ0n) is 20.1. The van der Waals surface area contributed by atoms with Crippen LogP contribution in [0.5, 0.6) is 0 Å². The van der Waals surface area contributed by atoms with E-state index in [0.717, 1.165) is 42.6 Å². The molecule has 1 saturated carbocycles. The van der Waals surface area contributed by atoms with Crippen molar-refractivity contribution in [2.24, 2.45) is 5.92 Å². The van der Waals surface area contributed by atoms with Gasteiger partial charge in [0.2, 0.25) is 11.8 Å². The lowest BCUT2D eigenvalue weighted by molar-refractivity contribution is -0.130. The molecule has 0 radical (unpaired) electrons. The minimum atomic E-state index is -0.526. The number of benzene rings is 2. The molecule has 2 unspecified atom stereocenters. The second-order valence-corrected chi connectivity index (χ2v) is 9.73. The predicted molar refractivity (Wildman–Crippen MR) is 133 cm³/mol. The van der Waals surface area contributed by atoms with Gasteiger partial charge in [-0.25, -0.2) is 4.39 Å². The van der Waals surface area contributed by atoms with Crippen LogP contribution in [0.2, 0.25) is 0 Å². The zero-order chi connectivity index (χ0) is 23.9. The molecular formula is C28H36FN3O2. The highest BCUT2D eigenvalue weighted by molar-refractivity contribution is 5.90. The molecule has 2 aromatic carbocycles. The maximum Gasteiger partial charge on any atom is 0.242 e. The van der Waals surface area contributed by atoms with Crippen LogP contribution in [0.15, 0.2) is 48.5 Å². The van der Waals surface area contributed by atoms with Crippen molar-refractivity contribution in [3.8, 4) is 0 Å². The van der Waals surface area contributed by atoms with E-state index in [1.807, 2.05) is 43.3 Å². The van der Waals surface area contributed by atoms with E-state index in [1.54, 1.807) is 6.07 Å². The monoisotopic (exact) mass is 465 g/mol. The first-order valence-electron chi connectivity index (χ1n) is 12.7. The third-order valence-electron chi connectivity index (χ3n) is 7.33. The van der Waals surface area contributed by atoms with Gasteiger partial charge in [-0.15, -0.1) is 0 Å². The smallest absolute Gasteiger partial charge is 0.242 e. The van der Waals surface area contributed by atoms with Crippen molar-refractivity contribution in [2.75, 3.05) is 24.5 Å². The number of nitrogens with zero attached hydrogens (tertiary/aromatic N) is 1. The summed E-state index contributed by atoms with van der Waals surface area (Å²) in [7, 11) is 0. The van der Waals surface area contributed by atoms with Crippen LogP contribution < -0.4 is 15.5 Å². The van der Waals surface area contributed by atoms with Crippen LogP contribution in [-0.2, 0) is 16.0 Å². The van der Waals surface area contributed by atoms with Crippen molar-refractivity contribution in [1.82, 2.24) is 10.6 Å². The Morgan fingerprint density at radius 1 is 1.06 bits per heavy atom. The quantitative estimate of drug-likeness (QED) is 0.571. The number of anilines is 1. The number of hydrogen-bond donors (Lipinski definition) is 2. The Hall–Kier alpha value is -2.89. The van der Waals surface area contributed by atoms with E-state index in [4.69, 9.17) is 0 Å². The largest absolute Gasteiger partial charge is 0.369 e. The zero-order valence-corrected chi connectivity index (χ0v) is 20.1. The Kier molecular flexibility index (Phi) is 8.20. The molecule has 2 atom stereocenters. The molecule has 1 heterocycles. The standard InChI is InChI=1S/C28H36FN3O2/c1-20(22-10-6-3-7-11-22)27(33)31-25(18-21-8-4-2-5-9-21)28(34)30-15-17-32-16-14-23-19-24(29)12-13-26(23)32/h3,6-7,10-13,19-21,25H,2,4-5,8-9,14-18H2,1H3,(H,30,34)(H,31,33). The summed E-state index contributed by atoms with van der Waals surface area (Å²) >= 11 is 0. The lowest BCUT2D eigenvalue weighted by Crippen LogP contribution is -2.50. The molecular weight excluding hydrogens is 429 g/mol. The van der Waals surface area contributed by atoms with Gasteiger partial charge in [-0.05, 0) is 55.0 Å². The normalized spacial score (nSPS) is 17.6. The first kappa shape index (κ1) is 24.2. The number of nitrogens with one attached hydrogen (secondary N) is 2. The maximum atomic E-state index is 13.5. The number of carbonyl (C=O) groups excluding carboxylic acids is 2. The van der Waals surface area contributed by atoms with Crippen molar-refractivity contribution in [3.05, 3.63) is 65.5 Å². The number of rotatable bonds is 9. The molecule has 0 spiro atoms. The highest BCUT2D eigenvalue weighted by atomic mass is 19.1. The summed E-state index contributed by atoms with van der Waals surface area (Å²) in [5.74, 6) is -0.281. The van der Waals surface area contributed by atoms with Crippen LogP contribution in [0.25, 0.3) is 0 Å². The number of fused-ring (bicyclic) bond motifs is 1. The lowest BCUT2D eigenvalue weighted by Gasteiger charge is -2.28. The van der Waals surface area contributed by atoms with Gasteiger partial charge in [0.15, 0.2) is 0 Å². The number of amides is 2. The fourth-order valence-electron chi connectivity index (χ4n) is 5.29. The second kappa shape index (κ2) is 11.5. The minimum Gasteiger partial charge on any atom is -0.369 e. The molecule has 2 aliphatic rings. The minimum absolute atomic E-state index is 0.113. The van der Waals surface area contributed by atoms with Crippen molar-refractivity contribution in [3.63, 3.8) is 0 Å². The summed E-state index contributed by atoms with van der Waals surface area (Å²) in [5.41, 5.74) is 3.00. The summed E-state index contributed by atoms with van der Waals surface area (Å²) in [4.78, 5) is 28.4. The van der Waals surface area contributed by atoms with Gasteiger partial charge in [0.1, 0.15) is 11.9 Å². The van der Waals surface area contributed by atoms with E-state index < -0.39 is 6.04 Å². The van der Waals surface area contributed by atoms with E-state index in [1.165, 1.54) is 25.3 Å². The number of carbonyl (C=O) groups is 2. The summed E-state index contributed by atoms with van der Waals surface area (Å²) in [6.07, 6.45) is 7.39. The van der Waals surface area contributed by atoms with Crippen molar-refractivity contribution < 1.29 is 14.0 Å². The van der Waals surface area contributed by atoms with Crippen LogP contribution >= 0.6 is 0 Å². The van der Waals surface area contributed by atoms with Gasteiger partial charge < -0.3 is 15.5 Å². The Labute approximate surface area is 202 Å². The first-order valence-corrected chi connectivity index (χ1v) is 12.7. The highest BCUT2D eigenvalue weighted by Crippen LogP contribution is 2.29. The second-order valence-electron chi connectivity index (χ2n) is 9.73. The molecule has 0 saturated heterocycles. The Balaban J connectivity index is 1.35. The Morgan fingerprint density at radius 3 is 2.59 bits per heavy atom. The molecule has 1 aliphatic heterocycles. The summed E-state index contributed by atoms with van der Waals surface area (Å²) in [5, 5.41) is 6.11. The third-order valence-corrected chi connectivity index (χ3v) is 7.33. The molecule has 0 bridgehead atoms. The highest BCUT2D eigenvalue weighted by Gasteiger charge is 2.28. The van der Waals surface area contributed by atoms with Crippen LogP contribution in [0, 0.1) is 11.7 Å². The molecule has 1 aliphatic carbocycles.